The van der Waals surface area contributed by atoms with Gasteiger partial charge in [0.1, 0.15) is 0 Å². The average molecular weight is 310 g/mol. The molecule has 0 saturated carbocycles. The molecule has 1 aromatic carbocycles. The third-order valence-electron chi connectivity index (χ3n) is 3.79. The Labute approximate surface area is 126 Å². The smallest absolute Gasteiger partial charge is 0.238 e. The zero-order valence-electron chi connectivity index (χ0n) is 12.5. The van der Waals surface area contributed by atoms with Crippen molar-refractivity contribution < 1.29 is 13.2 Å². The first-order chi connectivity index (χ1) is 9.91. The average Bonchev–Trinajstić information content (AvgIpc) is 2.78. The second-order valence-corrected chi connectivity index (χ2v) is 7.72. The van der Waals surface area contributed by atoms with Gasteiger partial charge in [-0.1, -0.05) is 25.1 Å². The zero-order valence-corrected chi connectivity index (χ0v) is 13.3. The van der Waals surface area contributed by atoms with Crippen LogP contribution < -0.4 is 10.6 Å². The van der Waals surface area contributed by atoms with Gasteiger partial charge < -0.3 is 10.6 Å². The highest BCUT2D eigenvalue weighted by Crippen LogP contribution is 2.20. The molecule has 1 unspecified atom stereocenters. The molecule has 2 rings (SSSR count). The van der Waals surface area contributed by atoms with Gasteiger partial charge in [0.25, 0.3) is 0 Å². The van der Waals surface area contributed by atoms with E-state index in [4.69, 9.17) is 0 Å². The lowest BCUT2D eigenvalue weighted by Gasteiger charge is -2.14. The van der Waals surface area contributed by atoms with Gasteiger partial charge in [0.05, 0.1) is 18.1 Å². The Balaban J connectivity index is 1.91. The van der Waals surface area contributed by atoms with E-state index in [9.17, 15) is 13.2 Å². The highest BCUT2D eigenvalue weighted by molar-refractivity contribution is 7.91. The molecule has 1 aliphatic heterocycles. The van der Waals surface area contributed by atoms with E-state index < -0.39 is 9.84 Å². The van der Waals surface area contributed by atoms with Crippen LogP contribution in [0.4, 0.5) is 5.69 Å². The minimum Gasteiger partial charge on any atom is -0.324 e. The summed E-state index contributed by atoms with van der Waals surface area (Å²) < 4.78 is 22.7. The summed E-state index contributed by atoms with van der Waals surface area (Å²) in [6.07, 6.45) is 1.44. The number of rotatable bonds is 5. The minimum absolute atomic E-state index is 0.108. The maximum Gasteiger partial charge on any atom is 0.238 e. The highest BCUT2D eigenvalue weighted by atomic mass is 32.2. The van der Waals surface area contributed by atoms with Crippen molar-refractivity contribution >= 4 is 21.4 Å². The summed E-state index contributed by atoms with van der Waals surface area (Å²) in [5.41, 5.74) is 3.00. The molecule has 1 saturated heterocycles. The van der Waals surface area contributed by atoms with Crippen LogP contribution in [0.25, 0.3) is 0 Å². The van der Waals surface area contributed by atoms with Crippen molar-refractivity contribution in [2.24, 2.45) is 0 Å². The summed E-state index contributed by atoms with van der Waals surface area (Å²) in [6.45, 7) is 4.15. The predicted octanol–water partition coefficient (Wildman–Crippen LogP) is 1.27. The van der Waals surface area contributed by atoms with Crippen LogP contribution in [0.3, 0.4) is 0 Å². The second kappa shape index (κ2) is 6.58. The molecule has 0 spiro atoms. The van der Waals surface area contributed by atoms with Gasteiger partial charge in [0, 0.05) is 11.7 Å². The molecule has 6 heteroatoms. The number of aryl methyl sites for hydroxylation is 2. The SMILES string of the molecule is CCc1cccc(C)c1NC(=O)CNC1CCS(=O)(=O)C1. The number of sulfone groups is 1. The van der Waals surface area contributed by atoms with Gasteiger partial charge in [0.2, 0.25) is 5.91 Å². The van der Waals surface area contributed by atoms with Crippen molar-refractivity contribution in [1.29, 1.82) is 0 Å². The van der Waals surface area contributed by atoms with Crippen molar-refractivity contribution in [1.82, 2.24) is 5.32 Å². The van der Waals surface area contributed by atoms with Crippen LogP contribution in [-0.2, 0) is 21.1 Å². The maximum absolute atomic E-state index is 12.0. The van der Waals surface area contributed by atoms with Crippen LogP contribution in [-0.4, -0.2) is 38.4 Å². The number of amides is 1. The van der Waals surface area contributed by atoms with Crippen LogP contribution in [0, 0.1) is 6.92 Å². The summed E-state index contributed by atoms with van der Waals surface area (Å²) >= 11 is 0. The highest BCUT2D eigenvalue weighted by Gasteiger charge is 2.27. The van der Waals surface area contributed by atoms with Gasteiger partial charge in [-0.25, -0.2) is 8.42 Å². The Morgan fingerprint density at radius 3 is 2.76 bits per heavy atom. The molecule has 1 atom stereocenters. The molecule has 1 amide bonds. The predicted molar refractivity (Wildman–Crippen MR) is 84.2 cm³/mol. The van der Waals surface area contributed by atoms with Crippen LogP contribution >= 0.6 is 0 Å². The Morgan fingerprint density at radius 1 is 1.38 bits per heavy atom. The summed E-state index contributed by atoms with van der Waals surface area (Å²) in [5.74, 6) is 0.206. The molecule has 1 fully saturated rings. The molecular weight excluding hydrogens is 288 g/mol. The van der Waals surface area contributed by atoms with Crippen LogP contribution in [0.1, 0.15) is 24.5 Å². The van der Waals surface area contributed by atoms with Crippen LogP contribution in [0.5, 0.6) is 0 Å². The van der Waals surface area contributed by atoms with Crippen molar-refractivity contribution in [2.45, 2.75) is 32.7 Å². The van der Waals surface area contributed by atoms with Crippen molar-refractivity contribution in [3.63, 3.8) is 0 Å². The monoisotopic (exact) mass is 310 g/mol. The van der Waals surface area contributed by atoms with E-state index in [-0.39, 0.29) is 30.0 Å². The lowest BCUT2D eigenvalue weighted by Crippen LogP contribution is -2.37. The summed E-state index contributed by atoms with van der Waals surface area (Å²) in [7, 11) is -2.91. The number of hydrogen-bond donors (Lipinski definition) is 2. The molecule has 21 heavy (non-hydrogen) atoms. The Morgan fingerprint density at radius 2 is 2.14 bits per heavy atom. The number of benzene rings is 1. The number of carbonyl (C=O) groups is 1. The van der Waals surface area contributed by atoms with E-state index in [1.165, 1.54) is 0 Å². The molecule has 0 aromatic heterocycles. The summed E-state index contributed by atoms with van der Waals surface area (Å²) in [6, 6.07) is 5.83. The van der Waals surface area contributed by atoms with Crippen molar-refractivity contribution in [3.8, 4) is 0 Å². The topological polar surface area (TPSA) is 75.3 Å². The molecule has 0 radical (unpaired) electrons. The van der Waals surface area contributed by atoms with Gasteiger partial charge in [-0.05, 0) is 30.9 Å². The van der Waals surface area contributed by atoms with Gasteiger partial charge in [0.15, 0.2) is 9.84 Å². The molecule has 0 aliphatic carbocycles. The first-order valence-electron chi connectivity index (χ1n) is 7.23. The van der Waals surface area contributed by atoms with E-state index in [1.807, 2.05) is 32.0 Å². The van der Waals surface area contributed by atoms with E-state index in [2.05, 4.69) is 10.6 Å². The van der Waals surface area contributed by atoms with Gasteiger partial charge in [-0.2, -0.15) is 0 Å². The van der Waals surface area contributed by atoms with Crippen molar-refractivity contribution in [2.75, 3.05) is 23.4 Å². The molecule has 5 nitrogen and oxygen atoms in total. The first kappa shape index (κ1) is 16.0. The van der Waals surface area contributed by atoms with E-state index >= 15 is 0 Å². The number of nitrogens with one attached hydrogen (secondary N) is 2. The number of hydrogen-bond acceptors (Lipinski definition) is 4. The maximum atomic E-state index is 12.0. The molecule has 1 heterocycles. The van der Waals surface area contributed by atoms with Crippen LogP contribution in [0.2, 0.25) is 0 Å². The molecule has 1 aromatic rings. The normalized spacial score (nSPS) is 20.4. The van der Waals surface area contributed by atoms with Crippen LogP contribution in [0.15, 0.2) is 18.2 Å². The Bertz CT molecular complexity index is 626. The van der Waals surface area contributed by atoms with Gasteiger partial charge >= 0.3 is 0 Å². The van der Waals surface area contributed by atoms with Gasteiger partial charge in [-0.3, -0.25) is 4.79 Å². The molecular formula is C15H22N2O3S. The lowest BCUT2D eigenvalue weighted by molar-refractivity contribution is -0.115. The summed E-state index contributed by atoms with van der Waals surface area (Å²) in [4.78, 5) is 12.0. The van der Waals surface area contributed by atoms with E-state index in [0.717, 1.165) is 23.2 Å². The van der Waals surface area contributed by atoms with Gasteiger partial charge in [-0.15, -0.1) is 0 Å². The second-order valence-electron chi connectivity index (χ2n) is 5.49. The fourth-order valence-corrected chi connectivity index (χ4v) is 4.29. The fraction of sp³-hybridized carbons (Fsp3) is 0.533. The zero-order chi connectivity index (χ0) is 15.5. The minimum atomic E-state index is -2.91. The summed E-state index contributed by atoms with van der Waals surface area (Å²) in [5, 5.41) is 5.95. The third-order valence-corrected chi connectivity index (χ3v) is 5.56. The quantitative estimate of drug-likeness (QED) is 0.859. The largest absolute Gasteiger partial charge is 0.324 e. The lowest BCUT2D eigenvalue weighted by atomic mass is 10.1. The molecule has 0 bridgehead atoms. The third kappa shape index (κ3) is 4.28. The van der Waals surface area contributed by atoms with E-state index in [0.29, 0.717) is 6.42 Å². The van der Waals surface area contributed by atoms with Crippen molar-refractivity contribution in [3.05, 3.63) is 29.3 Å². The Hall–Kier alpha value is -1.40. The first-order valence-corrected chi connectivity index (χ1v) is 9.05. The molecule has 1 aliphatic rings. The standard InChI is InChI=1S/C15H22N2O3S/c1-3-12-6-4-5-11(2)15(12)17-14(18)9-16-13-7-8-21(19,20)10-13/h4-6,13,16H,3,7-10H2,1-2H3,(H,17,18). The number of carbonyl (C=O) groups excluding carboxylic acids is 1. The molecule has 116 valence electrons. The van der Waals surface area contributed by atoms with E-state index in [1.54, 1.807) is 0 Å². The Kier molecular flexibility index (Phi) is 5.00. The molecule has 2 N–H and O–H groups in total. The number of para-hydroxylation sites is 1. The number of anilines is 1. The fourth-order valence-electron chi connectivity index (χ4n) is 2.58.